The zero-order chi connectivity index (χ0) is 25.7. The number of aromatic nitrogens is 2. The van der Waals surface area contributed by atoms with E-state index in [1.807, 2.05) is 26.0 Å². The van der Waals surface area contributed by atoms with Crippen molar-refractivity contribution in [1.82, 2.24) is 9.97 Å². The molecule has 2 heterocycles. The molecule has 1 unspecified atom stereocenters. The van der Waals surface area contributed by atoms with Gasteiger partial charge in [0.1, 0.15) is 10.6 Å². The summed E-state index contributed by atoms with van der Waals surface area (Å²) in [6.07, 6.45) is 8.09. The van der Waals surface area contributed by atoms with Crippen LogP contribution in [0.1, 0.15) is 49.8 Å². The van der Waals surface area contributed by atoms with Crippen molar-refractivity contribution in [3.8, 4) is 22.1 Å². The number of pyridine rings is 1. The summed E-state index contributed by atoms with van der Waals surface area (Å²) >= 11 is 1.42. The lowest BCUT2D eigenvalue weighted by molar-refractivity contribution is -0.117. The van der Waals surface area contributed by atoms with Crippen molar-refractivity contribution < 1.29 is 18.5 Å². The molecule has 2 N–H and O–H groups in total. The molecule has 3 aromatic rings. The Labute approximate surface area is 218 Å². The molecule has 8 nitrogen and oxygen atoms in total. The van der Waals surface area contributed by atoms with E-state index in [-0.39, 0.29) is 5.91 Å². The number of nitrogens with one attached hydrogen (secondary N) is 2. The van der Waals surface area contributed by atoms with E-state index in [2.05, 4.69) is 20.0 Å². The number of carbonyl (C=O) groups is 1. The SMILES string of the molecule is COc1cc(C)c(NS(=O)c2cc(-c3sc(NC(=O)CC4CCCCC4)nc3C)ccc2OC)cn1. The molecule has 1 fully saturated rings. The van der Waals surface area contributed by atoms with Gasteiger partial charge in [-0.15, -0.1) is 0 Å². The van der Waals surface area contributed by atoms with Crippen molar-refractivity contribution >= 4 is 39.0 Å². The van der Waals surface area contributed by atoms with Crippen LogP contribution < -0.4 is 19.5 Å². The minimum atomic E-state index is -1.60. The van der Waals surface area contributed by atoms with Gasteiger partial charge >= 0.3 is 0 Å². The van der Waals surface area contributed by atoms with E-state index in [0.717, 1.165) is 34.5 Å². The molecule has 2 aromatic heterocycles. The zero-order valence-corrected chi connectivity index (χ0v) is 22.7. The Morgan fingerprint density at radius 2 is 1.92 bits per heavy atom. The molecule has 0 aliphatic heterocycles. The monoisotopic (exact) mass is 528 g/mol. The highest BCUT2D eigenvalue weighted by atomic mass is 32.2. The molecule has 0 saturated heterocycles. The number of methoxy groups -OCH3 is 2. The molecule has 1 aromatic carbocycles. The van der Waals surface area contributed by atoms with Gasteiger partial charge in [-0.2, -0.15) is 0 Å². The molecule has 10 heteroatoms. The van der Waals surface area contributed by atoms with Crippen LogP contribution in [-0.2, 0) is 15.8 Å². The Kier molecular flexibility index (Phi) is 8.58. The Morgan fingerprint density at radius 3 is 2.61 bits per heavy atom. The summed E-state index contributed by atoms with van der Waals surface area (Å²) in [5, 5.41) is 3.57. The minimum absolute atomic E-state index is 0.0198. The van der Waals surface area contributed by atoms with Crippen LogP contribution in [0, 0.1) is 19.8 Å². The zero-order valence-electron chi connectivity index (χ0n) is 21.1. The lowest BCUT2D eigenvalue weighted by Gasteiger charge is -2.20. The maximum Gasteiger partial charge on any atom is 0.226 e. The summed E-state index contributed by atoms with van der Waals surface area (Å²) in [6.45, 7) is 3.80. The fraction of sp³-hybridized carbons (Fsp3) is 0.423. The van der Waals surface area contributed by atoms with Crippen LogP contribution in [0.25, 0.3) is 10.4 Å². The van der Waals surface area contributed by atoms with Crippen molar-refractivity contribution in [2.24, 2.45) is 5.92 Å². The molecule has 1 aliphatic rings. The second-order valence-electron chi connectivity index (χ2n) is 8.97. The number of hydrogen-bond donors (Lipinski definition) is 2. The quantitative estimate of drug-likeness (QED) is 0.359. The first-order valence-corrected chi connectivity index (χ1v) is 14.0. The van der Waals surface area contributed by atoms with E-state index in [1.165, 1.54) is 30.6 Å². The Hall–Kier alpha value is -2.98. The van der Waals surface area contributed by atoms with E-state index < -0.39 is 11.0 Å². The average molecular weight is 529 g/mol. The van der Waals surface area contributed by atoms with Gasteiger partial charge in [0, 0.05) is 12.5 Å². The molecule has 1 aliphatic carbocycles. The first-order valence-electron chi connectivity index (χ1n) is 12.0. The minimum Gasteiger partial charge on any atom is -0.495 e. The molecular weight excluding hydrogens is 496 g/mol. The van der Waals surface area contributed by atoms with Gasteiger partial charge < -0.3 is 14.8 Å². The summed E-state index contributed by atoms with van der Waals surface area (Å²) in [4.78, 5) is 22.8. The molecule has 0 spiro atoms. The van der Waals surface area contributed by atoms with Crippen molar-refractivity contribution in [2.75, 3.05) is 24.3 Å². The summed E-state index contributed by atoms with van der Waals surface area (Å²) in [7, 11) is 1.50. The average Bonchev–Trinajstić information content (AvgIpc) is 3.24. The maximum atomic E-state index is 13.3. The van der Waals surface area contributed by atoms with Crippen molar-refractivity contribution in [2.45, 2.75) is 57.3 Å². The van der Waals surface area contributed by atoms with Gasteiger partial charge in [-0.05, 0) is 61.9 Å². The lowest BCUT2D eigenvalue weighted by atomic mass is 9.87. The first kappa shape index (κ1) is 26.1. The van der Waals surface area contributed by atoms with Gasteiger partial charge in [-0.1, -0.05) is 30.6 Å². The molecule has 0 bridgehead atoms. The Bertz CT molecular complexity index is 1250. The van der Waals surface area contributed by atoms with Gasteiger partial charge in [0.05, 0.1) is 36.7 Å². The summed E-state index contributed by atoms with van der Waals surface area (Å²) < 4.78 is 27.0. The highest BCUT2D eigenvalue weighted by Gasteiger charge is 2.20. The lowest BCUT2D eigenvalue weighted by Crippen LogP contribution is -2.18. The summed E-state index contributed by atoms with van der Waals surface area (Å²) in [5.41, 5.74) is 3.15. The van der Waals surface area contributed by atoms with Gasteiger partial charge in [-0.25, -0.2) is 14.2 Å². The van der Waals surface area contributed by atoms with Crippen LogP contribution in [-0.4, -0.2) is 34.3 Å². The molecule has 1 atom stereocenters. The van der Waals surface area contributed by atoms with E-state index in [0.29, 0.717) is 39.7 Å². The number of ether oxygens (including phenoxy) is 2. The largest absolute Gasteiger partial charge is 0.495 e. The number of benzene rings is 1. The van der Waals surface area contributed by atoms with Crippen LogP contribution in [0.2, 0.25) is 0 Å². The predicted molar refractivity (Wildman–Crippen MR) is 144 cm³/mol. The molecule has 36 heavy (non-hydrogen) atoms. The van der Waals surface area contributed by atoms with Gasteiger partial charge in [0.2, 0.25) is 11.8 Å². The van der Waals surface area contributed by atoms with Gasteiger partial charge in [-0.3, -0.25) is 9.52 Å². The number of thiazole rings is 1. The molecule has 0 radical (unpaired) electrons. The van der Waals surface area contributed by atoms with E-state index in [4.69, 9.17) is 9.47 Å². The van der Waals surface area contributed by atoms with Crippen LogP contribution in [0.5, 0.6) is 11.6 Å². The highest BCUT2D eigenvalue weighted by Crippen LogP contribution is 2.37. The van der Waals surface area contributed by atoms with Crippen molar-refractivity contribution in [1.29, 1.82) is 0 Å². The standard InChI is InChI=1S/C26H32N4O4S2/c1-16-12-24(34-4)27-15-20(16)30-36(32)22-14-19(10-11-21(22)33-3)25-17(2)28-26(35-25)29-23(31)13-18-8-6-5-7-9-18/h10-12,14-15,18,30H,5-9,13H2,1-4H3,(H,28,29,31). The molecule has 1 amide bonds. The van der Waals surface area contributed by atoms with Crippen LogP contribution in [0.4, 0.5) is 10.8 Å². The number of anilines is 2. The van der Waals surface area contributed by atoms with E-state index in [1.54, 1.807) is 32.5 Å². The smallest absolute Gasteiger partial charge is 0.226 e. The second kappa shape index (κ2) is 11.8. The summed E-state index contributed by atoms with van der Waals surface area (Å²) in [6, 6.07) is 7.32. The maximum absolute atomic E-state index is 13.3. The third-order valence-electron chi connectivity index (χ3n) is 6.36. The van der Waals surface area contributed by atoms with Crippen LogP contribution in [0.15, 0.2) is 35.4 Å². The fourth-order valence-electron chi connectivity index (χ4n) is 4.41. The number of nitrogens with zero attached hydrogens (tertiary/aromatic N) is 2. The second-order valence-corrected chi connectivity index (χ2v) is 11.1. The Morgan fingerprint density at radius 1 is 1.14 bits per heavy atom. The fourth-order valence-corrected chi connectivity index (χ4v) is 6.48. The van der Waals surface area contributed by atoms with E-state index >= 15 is 0 Å². The molecule has 192 valence electrons. The number of hydrogen-bond acceptors (Lipinski definition) is 7. The molecule has 1 saturated carbocycles. The molecular formula is C26H32N4O4S2. The van der Waals surface area contributed by atoms with E-state index in [9.17, 15) is 9.00 Å². The number of rotatable bonds is 9. The third kappa shape index (κ3) is 6.22. The summed E-state index contributed by atoms with van der Waals surface area (Å²) in [5.74, 6) is 1.49. The first-order chi connectivity index (χ1) is 17.4. The van der Waals surface area contributed by atoms with Crippen LogP contribution in [0.3, 0.4) is 0 Å². The van der Waals surface area contributed by atoms with Gasteiger partial charge in [0.25, 0.3) is 0 Å². The number of carbonyl (C=O) groups excluding carboxylic acids is 1. The topological polar surface area (TPSA) is 102 Å². The Balaban J connectivity index is 1.52. The van der Waals surface area contributed by atoms with Gasteiger partial charge in [0.15, 0.2) is 16.1 Å². The van der Waals surface area contributed by atoms with Crippen molar-refractivity contribution in [3.05, 3.63) is 41.7 Å². The number of aryl methyl sites for hydroxylation is 2. The normalized spacial score (nSPS) is 14.8. The van der Waals surface area contributed by atoms with Crippen molar-refractivity contribution in [3.63, 3.8) is 0 Å². The molecule has 4 rings (SSSR count). The van der Waals surface area contributed by atoms with Crippen LogP contribution >= 0.6 is 11.3 Å². The number of amides is 1. The highest BCUT2D eigenvalue weighted by molar-refractivity contribution is 7.86. The predicted octanol–water partition coefficient (Wildman–Crippen LogP) is 5.88. The third-order valence-corrected chi connectivity index (χ3v) is 8.61.